The standard InChI is InChI=1S/C37H44NO21P/c1-19(39)47-17-27-29(49-21(3)41)31(50-22(4)42)34(36(54-27)59-60(46,57-25-13-9-7-10-14-25)58-26-15-11-8-12-16-26)55-35-33(52-24(6)44)32(51-23(5)43)30(56-37(38)45)28(53-35)18-48-20(2)40/h7-16,27-36H,17-18H2,1-6H3,(H2,38,45)/t27-,28-,29+,30-,31-,32+,33+,34-,35+,36+/m1/s1. The van der Waals surface area contributed by atoms with Crippen LogP contribution in [0.2, 0.25) is 0 Å². The third kappa shape index (κ3) is 13.9. The van der Waals surface area contributed by atoms with E-state index >= 15 is 0 Å². The molecule has 0 aromatic heterocycles. The molecule has 2 fully saturated rings. The molecule has 4 rings (SSSR count). The van der Waals surface area contributed by atoms with Crippen molar-refractivity contribution < 1.29 is 99.1 Å². The van der Waals surface area contributed by atoms with Gasteiger partial charge >= 0.3 is 49.7 Å². The number of phosphoric acid groups is 1. The summed E-state index contributed by atoms with van der Waals surface area (Å²) < 4.78 is 88.5. The van der Waals surface area contributed by atoms with Crippen LogP contribution in [0.25, 0.3) is 0 Å². The first-order valence-electron chi connectivity index (χ1n) is 18.0. The van der Waals surface area contributed by atoms with E-state index in [1.165, 1.54) is 24.3 Å². The number of carbonyl (C=O) groups is 7. The first-order chi connectivity index (χ1) is 28.3. The molecule has 2 aromatic rings. The van der Waals surface area contributed by atoms with Gasteiger partial charge in [-0.3, -0.25) is 28.8 Å². The Balaban J connectivity index is 1.92. The van der Waals surface area contributed by atoms with E-state index in [0.29, 0.717) is 0 Å². The van der Waals surface area contributed by atoms with Crippen LogP contribution in [0.4, 0.5) is 4.79 Å². The van der Waals surface area contributed by atoms with Gasteiger partial charge in [0.15, 0.2) is 42.9 Å². The van der Waals surface area contributed by atoms with Crippen molar-refractivity contribution in [1.29, 1.82) is 0 Å². The molecule has 2 aromatic carbocycles. The number of carbonyl (C=O) groups excluding carboxylic acids is 7. The zero-order valence-electron chi connectivity index (χ0n) is 33.1. The highest BCUT2D eigenvalue weighted by molar-refractivity contribution is 7.49. The monoisotopic (exact) mass is 869 g/mol. The van der Waals surface area contributed by atoms with Crippen LogP contribution in [0.3, 0.4) is 0 Å². The molecule has 0 spiro atoms. The third-order valence-corrected chi connectivity index (χ3v) is 9.32. The van der Waals surface area contributed by atoms with E-state index < -0.39 is 124 Å². The van der Waals surface area contributed by atoms with Crippen LogP contribution in [0.15, 0.2) is 60.7 Å². The maximum atomic E-state index is 14.8. The fourth-order valence-electron chi connectivity index (χ4n) is 5.91. The van der Waals surface area contributed by atoms with Gasteiger partial charge in [0.05, 0.1) is 0 Å². The molecule has 60 heavy (non-hydrogen) atoms. The van der Waals surface area contributed by atoms with Gasteiger partial charge in [-0.2, -0.15) is 0 Å². The van der Waals surface area contributed by atoms with Gasteiger partial charge in [-0.15, -0.1) is 0 Å². The zero-order valence-corrected chi connectivity index (χ0v) is 34.0. The van der Waals surface area contributed by atoms with Crippen LogP contribution >= 0.6 is 7.82 Å². The minimum Gasteiger partial charge on any atom is -0.463 e. The number of para-hydroxylation sites is 2. The summed E-state index contributed by atoms with van der Waals surface area (Å²) in [5, 5.41) is 0. The van der Waals surface area contributed by atoms with Crippen molar-refractivity contribution in [2.24, 2.45) is 5.73 Å². The summed E-state index contributed by atoms with van der Waals surface area (Å²) in [6, 6.07) is 15.2. The molecule has 10 atom stereocenters. The van der Waals surface area contributed by atoms with Gasteiger partial charge in [-0.05, 0) is 24.3 Å². The summed E-state index contributed by atoms with van der Waals surface area (Å²) in [6.45, 7) is 4.64. The molecule has 2 aliphatic rings. The summed E-state index contributed by atoms with van der Waals surface area (Å²) >= 11 is 0. The number of primary amides is 1. The zero-order chi connectivity index (χ0) is 44.1. The first kappa shape index (κ1) is 46.9. The predicted octanol–water partition coefficient (Wildman–Crippen LogP) is 2.42. The van der Waals surface area contributed by atoms with Crippen molar-refractivity contribution in [3.63, 3.8) is 0 Å². The number of phosphoric ester groups is 1. The van der Waals surface area contributed by atoms with E-state index in [4.69, 9.17) is 66.7 Å². The number of hydrogen-bond donors (Lipinski definition) is 1. The smallest absolute Gasteiger partial charge is 0.463 e. The maximum Gasteiger partial charge on any atom is 0.590 e. The van der Waals surface area contributed by atoms with Crippen molar-refractivity contribution >= 4 is 49.7 Å². The second kappa shape index (κ2) is 21.5. The van der Waals surface area contributed by atoms with Gasteiger partial charge in [0.1, 0.15) is 36.9 Å². The molecule has 0 aliphatic carbocycles. The molecular formula is C37H44NO21P. The highest BCUT2D eigenvalue weighted by Gasteiger charge is 2.59. The fourth-order valence-corrected chi connectivity index (χ4v) is 7.21. The lowest BCUT2D eigenvalue weighted by Crippen LogP contribution is -2.67. The van der Waals surface area contributed by atoms with Gasteiger partial charge in [0.2, 0.25) is 6.29 Å². The minimum absolute atomic E-state index is 0.0283. The molecule has 328 valence electrons. The highest BCUT2D eigenvalue weighted by atomic mass is 31.2. The van der Waals surface area contributed by atoms with Crippen LogP contribution in [-0.2, 0) is 85.2 Å². The maximum absolute atomic E-state index is 14.8. The molecule has 0 unspecified atom stereocenters. The van der Waals surface area contributed by atoms with Crippen molar-refractivity contribution in [3.05, 3.63) is 60.7 Å². The topological polar surface area (TPSA) is 283 Å². The summed E-state index contributed by atoms with van der Waals surface area (Å²) in [4.78, 5) is 86.4. The van der Waals surface area contributed by atoms with E-state index in [1.54, 1.807) is 36.4 Å². The predicted molar refractivity (Wildman–Crippen MR) is 195 cm³/mol. The normalized spacial score (nSPS) is 26.2. The summed E-state index contributed by atoms with van der Waals surface area (Å²) in [5.74, 6) is -5.68. The first-order valence-corrected chi connectivity index (χ1v) is 19.5. The summed E-state index contributed by atoms with van der Waals surface area (Å²) in [6.07, 6.45) is -19.8. The molecule has 0 bridgehead atoms. The number of rotatable bonds is 17. The Kier molecular flexibility index (Phi) is 16.8. The van der Waals surface area contributed by atoms with Crippen molar-refractivity contribution in [3.8, 4) is 11.5 Å². The Bertz CT molecular complexity index is 1830. The number of hydrogen-bond acceptors (Lipinski definition) is 21. The Morgan fingerprint density at radius 1 is 0.517 bits per heavy atom. The minimum atomic E-state index is -5.01. The number of esters is 6. The average Bonchev–Trinajstić information content (AvgIpc) is 3.14. The van der Waals surface area contributed by atoms with Crippen LogP contribution < -0.4 is 14.8 Å². The van der Waals surface area contributed by atoms with Gasteiger partial charge in [0.25, 0.3) is 0 Å². The number of nitrogens with two attached hydrogens (primary N) is 1. The highest BCUT2D eigenvalue weighted by Crippen LogP contribution is 2.52. The van der Waals surface area contributed by atoms with Gasteiger partial charge in [-0.25, -0.2) is 13.9 Å². The lowest BCUT2D eigenvalue weighted by atomic mass is 9.96. The molecule has 1 amide bonds. The van der Waals surface area contributed by atoms with E-state index in [2.05, 4.69) is 0 Å². The number of benzene rings is 2. The lowest BCUT2D eigenvalue weighted by molar-refractivity contribution is -0.359. The molecule has 23 heteroatoms. The van der Waals surface area contributed by atoms with E-state index in [9.17, 15) is 38.1 Å². The quantitative estimate of drug-likeness (QED) is 0.136. The third-order valence-electron chi connectivity index (χ3n) is 7.99. The van der Waals surface area contributed by atoms with Crippen molar-refractivity contribution in [1.82, 2.24) is 0 Å². The van der Waals surface area contributed by atoms with E-state index in [-0.39, 0.29) is 11.5 Å². The molecule has 2 aliphatic heterocycles. The average molecular weight is 870 g/mol. The van der Waals surface area contributed by atoms with Crippen LogP contribution in [0.5, 0.6) is 11.5 Å². The summed E-state index contributed by atoms with van der Waals surface area (Å²) in [5.41, 5.74) is 5.32. The lowest BCUT2D eigenvalue weighted by Gasteiger charge is -2.48. The fraction of sp³-hybridized carbons (Fsp3) is 0.486. The Hall–Kier alpha value is -5.80. The van der Waals surface area contributed by atoms with E-state index in [1.807, 2.05) is 0 Å². The van der Waals surface area contributed by atoms with Crippen molar-refractivity contribution in [2.75, 3.05) is 13.2 Å². The van der Waals surface area contributed by atoms with Gasteiger partial charge in [0, 0.05) is 41.5 Å². The van der Waals surface area contributed by atoms with E-state index in [0.717, 1.165) is 41.5 Å². The molecule has 2 saturated heterocycles. The second-order valence-corrected chi connectivity index (χ2v) is 14.3. The Labute approximate surface area is 342 Å². The number of amides is 1. The Morgan fingerprint density at radius 2 is 0.900 bits per heavy atom. The van der Waals surface area contributed by atoms with Gasteiger partial charge in [-0.1, -0.05) is 36.4 Å². The molecule has 2 heterocycles. The molecular weight excluding hydrogens is 825 g/mol. The van der Waals surface area contributed by atoms with Gasteiger partial charge < -0.3 is 62.1 Å². The Morgan fingerprint density at radius 3 is 1.32 bits per heavy atom. The molecule has 0 saturated carbocycles. The van der Waals surface area contributed by atoms with Crippen LogP contribution in [0.1, 0.15) is 41.5 Å². The SMILES string of the molecule is CC(=O)OC[C@H]1O[C@@H](OP(=O)(Oc2ccccc2)Oc2ccccc2)[C@H](O[C@@H]2O[C@H](COC(C)=O)[C@@H](OC(N)=O)[C@H](OC(C)=O)[C@@H]2OC(C)=O)[C@H](OC(C)=O)[C@H]1OC(C)=O. The van der Waals surface area contributed by atoms with Crippen LogP contribution in [0, 0.1) is 0 Å². The molecule has 0 radical (unpaired) electrons. The molecule has 22 nitrogen and oxygen atoms in total. The second-order valence-electron chi connectivity index (χ2n) is 12.9. The summed E-state index contributed by atoms with van der Waals surface area (Å²) in [7, 11) is -5.01. The van der Waals surface area contributed by atoms with Crippen molar-refractivity contribution in [2.45, 2.75) is 103 Å². The number of ether oxygens (including phenoxy) is 10. The largest absolute Gasteiger partial charge is 0.590 e. The van der Waals surface area contributed by atoms with Crippen LogP contribution in [-0.4, -0.2) is 117 Å². The molecule has 2 N–H and O–H groups in total.